The first-order chi connectivity index (χ1) is 9.51. The Balaban J connectivity index is 2.17. The van der Waals surface area contributed by atoms with Gasteiger partial charge < -0.3 is 15.1 Å². The minimum atomic E-state index is -0.387. The third-order valence-electron chi connectivity index (χ3n) is 3.81. The molecule has 0 spiro atoms. The fourth-order valence-corrected chi connectivity index (χ4v) is 2.55. The lowest BCUT2D eigenvalue weighted by atomic mass is 10.2. The maximum atomic E-state index is 11.0. The predicted molar refractivity (Wildman–Crippen MR) is 79.4 cm³/mol. The van der Waals surface area contributed by atoms with E-state index in [0.717, 1.165) is 19.5 Å². The van der Waals surface area contributed by atoms with Crippen LogP contribution in [-0.4, -0.2) is 55.1 Å². The molecular formula is C13H21N5O2. The zero-order valence-electron chi connectivity index (χ0n) is 12.2. The lowest BCUT2D eigenvalue weighted by Gasteiger charge is -2.26. The monoisotopic (exact) mass is 279 g/mol. The topological polar surface area (TPSA) is 74.5 Å². The summed E-state index contributed by atoms with van der Waals surface area (Å²) in [5.74, 6) is 1.14. The molecule has 1 atom stereocenters. The summed E-state index contributed by atoms with van der Waals surface area (Å²) in [6, 6.07) is 3.45. The quantitative estimate of drug-likeness (QED) is 0.651. The molecule has 2 rings (SSSR count). The maximum absolute atomic E-state index is 11.0. The highest BCUT2D eigenvalue weighted by molar-refractivity contribution is 5.55. The van der Waals surface area contributed by atoms with Gasteiger partial charge >= 0.3 is 0 Å². The SMILES string of the molecule is CNc1cc([N+](=O)[O-])cc(N(C)CC2CCCN2C)n1. The van der Waals surface area contributed by atoms with E-state index in [1.54, 1.807) is 7.05 Å². The number of rotatable bonds is 5. The van der Waals surface area contributed by atoms with Crippen LogP contribution in [0.25, 0.3) is 0 Å². The Morgan fingerprint density at radius 3 is 2.90 bits per heavy atom. The van der Waals surface area contributed by atoms with Crippen molar-refractivity contribution in [3.8, 4) is 0 Å². The van der Waals surface area contributed by atoms with E-state index < -0.39 is 0 Å². The van der Waals surface area contributed by atoms with E-state index in [2.05, 4.69) is 22.2 Å². The summed E-state index contributed by atoms with van der Waals surface area (Å²) in [4.78, 5) is 19.3. The number of nitrogens with one attached hydrogen (secondary N) is 1. The zero-order valence-corrected chi connectivity index (χ0v) is 12.2. The summed E-state index contributed by atoms with van der Waals surface area (Å²) in [7, 11) is 5.75. The van der Waals surface area contributed by atoms with E-state index in [1.165, 1.54) is 18.6 Å². The van der Waals surface area contributed by atoms with Gasteiger partial charge in [0.25, 0.3) is 5.69 Å². The summed E-state index contributed by atoms with van der Waals surface area (Å²) in [6.07, 6.45) is 2.37. The average Bonchev–Trinajstić information content (AvgIpc) is 2.83. The van der Waals surface area contributed by atoms with Crippen molar-refractivity contribution in [1.29, 1.82) is 0 Å². The van der Waals surface area contributed by atoms with Crippen LogP contribution in [0.4, 0.5) is 17.3 Å². The number of aromatic nitrogens is 1. The molecule has 0 aromatic carbocycles. The molecule has 7 nitrogen and oxygen atoms in total. The number of likely N-dealkylation sites (tertiary alicyclic amines) is 1. The molecule has 0 radical (unpaired) electrons. The highest BCUT2D eigenvalue weighted by Crippen LogP contribution is 2.24. The molecular weight excluding hydrogens is 258 g/mol. The Morgan fingerprint density at radius 1 is 1.60 bits per heavy atom. The largest absolute Gasteiger partial charge is 0.373 e. The van der Waals surface area contributed by atoms with E-state index in [1.807, 2.05) is 11.9 Å². The smallest absolute Gasteiger partial charge is 0.276 e. The standard InChI is InChI=1S/C13H21N5O2/c1-14-12-7-11(18(19)20)8-13(15-12)17(3)9-10-5-4-6-16(10)2/h7-8,10H,4-6,9H2,1-3H3,(H,14,15). The molecule has 0 amide bonds. The highest BCUT2D eigenvalue weighted by Gasteiger charge is 2.23. The highest BCUT2D eigenvalue weighted by atomic mass is 16.6. The normalized spacial score (nSPS) is 19.1. The van der Waals surface area contributed by atoms with Gasteiger partial charge in [0, 0.05) is 26.7 Å². The van der Waals surface area contributed by atoms with Gasteiger partial charge in [0.1, 0.15) is 11.6 Å². The number of nitro groups is 1. The number of pyridine rings is 1. The van der Waals surface area contributed by atoms with Crippen LogP contribution in [0.3, 0.4) is 0 Å². The third kappa shape index (κ3) is 3.16. The Kier molecular flexibility index (Phi) is 4.39. The second-order valence-corrected chi connectivity index (χ2v) is 5.23. The Bertz CT molecular complexity index is 494. The first-order valence-electron chi connectivity index (χ1n) is 6.77. The summed E-state index contributed by atoms with van der Waals surface area (Å²) >= 11 is 0. The summed E-state index contributed by atoms with van der Waals surface area (Å²) in [6.45, 7) is 1.94. The molecule has 1 aromatic rings. The van der Waals surface area contributed by atoms with Gasteiger partial charge in [-0.3, -0.25) is 10.1 Å². The van der Waals surface area contributed by atoms with Gasteiger partial charge in [-0.25, -0.2) is 4.98 Å². The second-order valence-electron chi connectivity index (χ2n) is 5.23. The summed E-state index contributed by atoms with van der Waals surface area (Å²) in [5, 5.41) is 13.8. The molecule has 1 aliphatic heterocycles. The van der Waals surface area contributed by atoms with Crippen LogP contribution in [0.5, 0.6) is 0 Å². The van der Waals surface area contributed by atoms with Crippen molar-refractivity contribution in [2.24, 2.45) is 0 Å². The van der Waals surface area contributed by atoms with E-state index in [4.69, 9.17) is 0 Å². The number of nitrogens with zero attached hydrogens (tertiary/aromatic N) is 4. The molecule has 0 bridgehead atoms. The van der Waals surface area contributed by atoms with Crippen LogP contribution in [0.1, 0.15) is 12.8 Å². The van der Waals surface area contributed by atoms with E-state index >= 15 is 0 Å². The molecule has 1 aliphatic rings. The Labute approximate surface area is 118 Å². The van der Waals surface area contributed by atoms with Crippen molar-refractivity contribution in [3.05, 3.63) is 22.2 Å². The molecule has 2 heterocycles. The molecule has 0 saturated carbocycles. The molecule has 1 unspecified atom stereocenters. The van der Waals surface area contributed by atoms with Crippen molar-refractivity contribution in [2.45, 2.75) is 18.9 Å². The van der Waals surface area contributed by atoms with Gasteiger partial charge in [-0.05, 0) is 26.4 Å². The van der Waals surface area contributed by atoms with Crippen LogP contribution in [-0.2, 0) is 0 Å². The van der Waals surface area contributed by atoms with Crippen LogP contribution in [0, 0.1) is 10.1 Å². The lowest BCUT2D eigenvalue weighted by Crippen LogP contribution is -2.37. The molecule has 1 aromatic heterocycles. The minimum Gasteiger partial charge on any atom is -0.373 e. The van der Waals surface area contributed by atoms with E-state index in [-0.39, 0.29) is 10.6 Å². The summed E-state index contributed by atoms with van der Waals surface area (Å²) in [5.41, 5.74) is 0.0611. The fraction of sp³-hybridized carbons (Fsp3) is 0.615. The summed E-state index contributed by atoms with van der Waals surface area (Å²) < 4.78 is 0. The molecule has 1 fully saturated rings. The first kappa shape index (κ1) is 14.5. The number of anilines is 2. The molecule has 110 valence electrons. The number of hydrogen-bond acceptors (Lipinski definition) is 6. The van der Waals surface area contributed by atoms with Gasteiger partial charge in [-0.2, -0.15) is 0 Å². The number of hydrogen-bond donors (Lipinski definition) is 1. The minimum absolute atomic E-state index is 0.0611. The van der Waals surface area contributed by atoms with Crippen LogP contribution in [0.2, 0.25) is 0 Å². The molecule has 1 N–H and O–H groups in total. The molecule has 7 heteroatoms. The maximum Gasteiger partial charge on any atom is 0.276 e. The fourth-order valence-electron chi connectivity index (χ4n) is 2.55. The third-order valence-corrected chi connectivity index (χ3v) is 3.81. The van der Waals surface area contributed by atoms with Gasteiger partial charge in [-0.1, -0.05) is 0 Å². The lowest BCUT2D eigenvalue weighted by molar-refractivity contribution is -0.384. The van der Waals surface area contributed by atoms with Gasteiger partial charge in [0.05, 0.1) is 17.1 Å². The van der Waals surface area contributed by atoms with E-state index in [9.17, 15) is 10.1 Å². The zero-order chi connectivity index (χ0) is 14.7. The van der Waals surface area contributed by atoms with Gasteiger partial charge in [0.15, 0.2) is 0 Å². The van der Waals surface area contributed by atoms with Crippen molar-refractivity contribution in [2.75, 3.05) is 44.4 Å². The van der Waals surface area contributed by atoms with Gasteiger partial charge in [0.2, 0.25) is 0 Å². The molecule has 0 aliphatic carbocycles. The van der Waals surface area contributed by atoms with Crippen molar-refractivity contribution in [3.63, 3.8) is 0 Å². The van der Waals surface area contributed by atoms with Crippen LogP contribution < -0.4 is 10.2 Å². The second kappa shape index (κ2) is 6.04. The average molecular weight is 279 g/mol. The van der Waals surface area contributed by atoms with Gasteiger partial charge in [-0.15, -0.1) is 0 Å². The number of likely N-dealkylation sites (N-methyl/N-ethyl adjacent to an activating group) is 2. The van der Waals surface area contributed by atoms with E-state index in [0.29, 0.717) is 17.7 Å². The first-order valence-corrected chi connectivity index (χ1v) is 6.77. The predicted octanol–water partition coefficient (Wildman–Crippen LogP) is 1.56. The molecule has 1 saturated heterocycles. The van der Waals surface area contributed by atoms with Crippen molar-refractivity contribution < 1.29 is 4.92 Å². The van der Waals surface area contributed by atoms with Crippen LogP contribution >= 0.6 is 0 Å². The Hall–Kier alpha value is -1.89. The van der Waals surface area contributed by atoms with Crippen LogP contribution in [0.15, 0.2) is 12.1 Å². The van der Waals surface area contributed by atoms with Crippen molar-refractivity contribution in [1.82, 2.24) is 9.88 Å². The molecule has 20 heavy (non-hydrogen) atoms. The Morgan fingerprint density at radius 2 is 2.35 bits per heavy atom. The van der Waals surface area contributed by atoms with Crippen molar-refractivity contribution >= 4 is 17.3 Å².